The van der Waals surface area contributed by atoms with Crippen LogP contribution in [0.25, 0.3) is 6.08 Å². The summed E-state index contributed by atoms with van der Waals surface area (Å²) in [6, 6.07) is 8.60. The smallest absolute Gasteiger partial charge is 0.189 e. The molecule has 0 aromatic heterocycles. The highest BCUT2D eigenvalue weighted by atomic mass is 35.5. The number of carbonyl (C=O) groups is 1. The first-order valence-corrected chi connectivity index (χ1v) is 8.16. The van der Waals surface area contributed by atoms with Crippen molar-refractivity contribution in [3.63, 3.8) is 0 Å². The van der Waals surface area contributed by atoms with Gasteiger partial charge in [0.1, 0.15) is 5.75 Å². The number of rotatable bonds is 1. The molecule has 122 valence electrons. The van der Waals surface area contributed by atoms with Crippen LogP contribution >= 0.6 is 11.6 Å². The molecule has 4 nitrogen and oxygen atoms in total. The first-order chi connectivity index (χ1) is 11.6. The summed E-state index contributed by atoms with van der Waals surface area (Å²) in [6.07, 6.45) is 3.00. The third kappa shape index (κ3) is 2.53. The number of hydrogen-bond donors (Lipinski definition) is 1. The topological polar surface area (TPSA) is 55.8 Å². The van der Waals surface area contributed by atoms with Crippen molar-refractivity contribution in [1.29, 1.82) is 0 Å². The molecule has 1 N–H and O–H groups in total. The van der Waals surface area contributed by atoms with E-state index in [1.54, 1.807) is 30.3 Å². The Hall–Kier alpha value is -2.46. The quantitative estimate of drug-likeness (QED) is 0.795. The Bertz CT molecular complexity index is 870. The largest absolute Gasteiger partial charge is 0.508 e. The van der Waals surface area contributed by atoms with Gasteiger partial charge in [-0.25, -0.2) is 0 Å². The molecule has 0 fully saturated rings. The zero-order valence-electron chi connectivity index (χ0n) is 12.8. The van der Waals surface area contributed by atoms with Gasteiger partial charge in [0.05, 0.1) is 18.2 Å². The van der Waals surface area contributed by atoms with E-state index in [1.807, 2.05) is 6.07 Å². The summed E-state index contributed by atoms with van der Waals surface area (Å²) in [7, 11) is 0. The summed E-state index contributed by atoms with van der Waals surface area (Å²) < 4.78 is 11.3. The van der Waals surface area contributed by atoms with Gasteiger partial charge < -0.3 is 14.6 Å². The lowest BCUT2D eigenvalue weighted by molar-refractivity contribution is 0.104. The van der Waals surface area contributed by atoms with Crippen molar-refractivity contribution in [3.8, 4) is 17.2 Å². The summed E-state index contributed by atoms with van der Waals surface area (Å²) >= 11 is 6.30. The molecule has 0 saturated heterocycles. The van der Waals surface area contributed by atoms with Gasteiger partial charge in [0.2, 0.25) is 0 Å². The van der Waals surface area contributed by atoms with E-state index < -0.39 is 0 Å². The molecule has 0 radical (unpaired) electrons. The molecule has 0 atom stereocenters. The molecule has 1 aliphatic heterocycles. The number of ketones is 1. The van der Waals surface area contributed by atoms with Gasteiger partial charge >= 0.3 is 0 Å². The number of fused-ring (bicyclic) bond motifs is 2. The number of carbonyl (C=O) groups excluding carboxylic acids is 1. The molecule has 2 aromatic carbocycles. The number of phenolic OH excluding ortho intramolecular Hbond substituents is 1. The average Bonchev–Trinajstić information content (AvgIpc) is 2.74. The van der Waals surface area contributed by atoms with E-state index in [0.29, 0.717) is 52.9 Å². The van der Waals surface area contributed by atoms with Crippen LogP contribution in [-0.2, 0) is 6.42 Å². The first kappa shape index (κ1) is 15.1. The summed E-state index contributed by atoms with van der Waals surface area (Å²) in [6.45, 7) is 1.14. The lowest BCUT2D eigenvalue weighted by Gasteiger charge is -2.10. The fourth-order valence-electron chi connectivity index (χ4n) is 3.07. The van der Waals surface area contributed by atoms with Gasteiger partial charge in [-0.05, 0) is 29.8 Å². The Balaban J connectivity index is 1.73. The molecular weight excluding hydrogens is 328 g/mol. The lowest BCUT2D eigenvalue weighted by atomic mass is 10.1. The number of hydrogen-bond acceptors (Lipinski definition) is 4. The highest BCUT2D eigenvalue weighted by Crippen LogP contribution is 2.39. The van der Waals surface area contributed by atoms with Gasteiger partial charge in [-0.2, -0.15) is 0 Å². The zero-order valence-corrected chi connectivity index (χ0v) is 13.6. The fourth-order valence-corrected chi connectivity index (χ4v) is 3.34. The minimum Gasteiger partial charge on any atom is -0.508 e. The summed E-state index contributed by atoms with van der Waals surface area (Å²) in [5, 5.41) is 10.4. The molecule has 24 heavy (non-hydrogen) atoms. The van der Waals surface area contributed by atoms with Crippen LogP contribution < -0.4 is 9.47 Å². The molecule has 2 aliphatic rings. The second kappa shape index (κ2) is 5.87. The Labute approximate surface area is 144 Å². The van der Waals surface area contributed by atoms with Gasteiger partial charge in [0.25, 0.3) is 0 Å². The van der Waals surface area contributed by atoms with Crippen molar-refractivity contribution in [2.24, 2.45) is 0 Å². The van der Waals surface area contributed by atoms with Crippen LogP contribution in [0.4, 0.5) is 0 Å². The van der Waals surface area contributed by atoms with E-state index in [4.69, 9.17) is 21.1 Å². The van der Waals surface area contributed by atoms with E-state index in [-0.39, 0.29) is 11.5 Å². The fraction of sp³-hybridized carbons (Fsp3) is 0.211. The number of Topliss-reactive ketones (excluding diaryl/α,β-unsaturated/α-hetero) is 1. The Morgan fingerprint density at radius 3 is 2.83 bits per heavy atom. The van der Waals surface area contributed by atoms with Crippen LogP contribution in [0.15, 0.2) is 35.9 Å². The highest BCUT2D eigenvalue weighted by Gasteiger charge is 2.27. The van der Waals surface area contributed by atoms with E-state index in [2.05, 4.69) is 0 Å². The van der Waals surface area contributed by atoms with Gasteiger partial charge in [-0.15, -0.1) is 0 Å². The second-order valence-corrected chi connectivity index (χ2v) is 6.27. The zero-order chi connectivity index (χ0) is 16.7. The van der Waals surface area contributed by atoms with Crippen LogP contribution in [0.3, 0.4) is 0 Å². The van der Waals surface area contributed by atoms with Crippen molar-refractivity contribution in [2.45, 2.75) is 12.8 Å². The highest BCUT2D eigenvalue weighted by molar-refractivity contribution is 6.32. The predicted octanol–water partition coefficient (Wildman–Crippen LogP) is 4.03. The molecule has 2 aromatic rings. The number of halogens is 1. The van der Waals surface area contributed by atoms with Crippen molar-refractivity contribution in [2.75, 3.05) is 13.2 Å². The number of phenols is 1. The number of benzene rings is 2. The molecule has 4 rings (SSSR count). The average molecular weight is 343 g/mol. The van der Waals surface area contributed by atoms with Crippen molar-refractivity contribution in [1.82, 2.24) is 0 Å². The SMILES string of the molecule is O=C1/C(=C\c2cc(Cl)c3c(c2)OCCCO3)Cc2c(O)cccc21. The maximum absolute atomic E-state index is 12.5. The summed E-state index contributed by atoms with van der Waals surface area (Å²) in [5.74, 6) is 1.23. The van der Waals surface area contributed by atoms with E-state index in [1.165, 1.54) is 0 Å². The van der Waals surface area contributed by atoms with Crippen molar-refractivity contribution in [3.05, 3.63) is 57.6 Å². The van der Waals surface area contributed by atoms with Crippen LogP contribution in [0.2, 0.25) is 5.02 Å². The lowest BCUT2D eigenvalue weighted by Crippen LogP contribution is -1.97. The van der Waals surface area contributed by atoms with Gasteiger partial charge in [-0.3, -0.25) is 4.79 Å². The Morgan fingerprint density at radius 2 is 2.00 bits per heavy atom. The van der Waals surface area contributed by atoms with Crippen molar-refractivity contribution < 1.29 is 19.4 Å². The van der Waals surface area contributed by atoms with Gasteiger partial charge in [0, 0.05) is 29.5 Å². The minimum absolute atomic E-state index is 0.0656. The van der Waals surface area contributed by atoms with Gasteiger partial charge in [-0.1, -0.05) is 23.7 Å². The molecule has 0 spiro atoms. The number of aromatic hydroxyl groups is 1. The molecule has 0 unspecified atom stereocenters. The van der Waals surface area contributed by atoms with Crippen LogP contribution in [0, 0.1) is 0 Å². The van der Waals surface area contributed by atoms with E-state index in [0.717, 1.165) is 12.0 Å². The molecule has 0 bridgehead atoms. The molecular formula is C19H15ClO4. The predicted molar refractivity (Wildman–Crippen MR) is 91.2 cm³/mol. The normalized spacial score (nSPS) is 17.7. The number of allylic oxidation sites excluding steroid dienone is 1. The van der Waals surface area contributed by atoms with Crippen LogP contribution in [-0.4, -0.2) is 24.1 Å². The van der Waals surface area contributed by atoms with E-state index in [9.17, 15) is 9.90 Å². The summed E-state index contributed by atoms with van der Waals surface area (Å²) in [5.41, 5.74) is 2.63. The number of ether oxygens (including phenoxy) is 2. The van der Waals surface area contributed by atoms with Crippen LogP contribution in [0.5, 0.6) is 17.2 Å². The maximum Gasteiger partial charge on any atom is 0.189 e. The molecule has 0 amide bonds. The third-order valence-corrected chi connectivity index (χ3v) is 4.50. The molecule has 5 heteroatoms. The molecule has 1 aliphatic carbocycles. The van der Waals surface area contributed by atoms with E-state index >= 15 is 0 Å². The Kier molecular flexibility index (Phi) is 3.69. The maximum atomic E-state index is 12.5. The second-order valence-electron chi connectivity index (χ2n) is 5.86. The minimum atomic E-state index is -0.0656. The molecule has 1 heterocycles. The van der Waals surface area contributed by atoms with Crippen molar-refractivity contribution >= 4 is 23.5 Å². The standard InChI is InChI=1S/C19H15ClO4/c20-15-8-11(9-17-19(15)24-6-2-5-23-17)7-12-10-14-13(18(12)22)3-1-4-16(14)21/h1,3-4,7-9,21H,2,5-6,10H2/b12-7-. The monoisotopic (exact) mass is 342 g/mol. The molecule has 0 saturated carbocycles. The third-order valence-electron chi connectivity index (χ3n) is 4.22. The summed E-state index contributed by atoms with van der Waals surface area (Å²) in [4.78, 5) is 12.5. The Morgan fingerprint density at radius 1 is 1.17 bits per heavy atom. The van der Waals surface area contributed by atoms with Crippen LogP contribution in [0.1, 0.15) is 27.9 Å². The first-order valence-electron chi connectivity index (χ1n) is 7.79. The van der Waals surface area contributed by atoms with Gasteiger partial charge in [0.15, 0.2) is 17.3 Å².